The Morgan fingerprint density at radius 3 is 2.67 bits per heavy atom. The molecule has 0 aromatic carbocycles. The quantitative estimate of drug-likeness (QED) is 0.499. The SMILES string of the molecule is CC1CCC2C3C=CC(O3)C2C1. The lowest BCUT2D eigenvalue weighted by atomic mass is 9.70. The molecular weight excluding hydrogens is 148 g/mol. The van der Waals surface area contributed by atoms with Gasteiger partial charge in [-0.15, -0.1) is 0 Å². The molecule has 0 amide bonds. The molecule has 3 rings (SSSR count). The van der Waals surface area contributed by atoms with E-state index in [-0.39, 0.29) is 0 Å². The highest BCUT2D eigenvalue weighted by molar-refractivity contribution is 5.15. The maximum Gasteiger partial charge on any atom is 0.0796 e. The van der Waals surface area contributed by atoms with E-state index >= 15 is 0 Å². The third kappa shape index (κ3) is 0.832. The lowest BCUT2D eigenvalue weighted by Gasteiger charge is -2.33. The number of rotatable bonds is 0. The highest BCUT2D eigenvalue weighted by atomic mass is 16.5. The smallest absolute Gasteiger partial charge is 0.0796 e. The van der Waals surface area contributed by atoms with E-state index in [0.717, 1.165) is 17.8 Å². The molecule has 3 aliphatic rings. The van der Waals surface area contributed by atoms with E-state index in [1.807, 2.05) is 0 Å². The van der Waals surface area contributed by atoms with Crippen molar-refractivity contribution < 1.29 is 4.74 Å². The summed E-state index contributed by atoms with van der Waals surface area (Å²) in [6, 6.07) is 0. The van der Waals surface area contributed by atoms with Crippen LogP contribution in [-0.4, -0.2) is 12.2 Å². The Kier molecular flexibility index (Phi) is 1.40. The predicted molar refractivity (Wildman–Crippen MR) is 47.8 cm³/mol. The van der Waals surface area contributed by atoms with Gasteiger partial charge in [-0.3, -0.25) is 0 Å². The molecule has 2 fully saturated rings. The number of ether oxygens (including phenoxy) is 1. The largest absolute Gasteiger partial charge is 0.366 e. The monoisotopic (exact) mass is 164 g/mol. The Bertz CT molecular complexity index is 221. The van der Waals surface area contributed by atoms with Crippen molar-refractivity contribution in [2.24, 2.45) is 17.8 Å². The van der Waals surface area contributed by atoms with Crippen molar-refractivity contribution in [1.82, 2.24) is 0 Å². The van der Waals surface area contributed by atoms with E-state index in [2.05, 4.69) is 19.1 Å². The van der Waals surface area contributed by atoms with Crippen LogP contribution in [0.2, 0.25) is 0 Å². The van der Waals surface area contributed by atoms with Gasteiger partial charge in [0.25, 0.3) is 0 Å². The second kappa shape index (κ2) is 2.35. The standard InChI is InChI=1S/C11H16O/c1-7-2-3-8-9(6-7)11-5-4-10(8)12-11/h4-5,7-11H,2-3,6H2,1H3. The summed E-state index contributed by atoms with van der Waals surface area (Å²) in [5.74, 6) is 2.67. The lowest BCUT2D eigenvalue weighted by molar-refractivity contribution is 0.103. The molecule has 12 heavy (non-hydrogen) atoms. The Balaban J connectivity index is 1.85. The minimum Gasteiger partial charge on any atom is -0.366 e. The van der Waals surface area contributed by atoms with E-state index in [0.29, 0.717) is 12.2 Å². The van der Waals surface area contributed by atoms with Gasteiger partial charge >= 0.3 is 0 Å². The van der Waals surface area contributed by atoms with Crippen LogP contribution in [0.3, 0.4) is 0 Å². The van der Waals surface area contributed by atoms with Crippen LogP contribution in [0.25, 0.3) is 0 Å². The second-order valence-electron chi connectivity index (χ2n) is 4.70. The van der Waals surface area contributed by atoms with Gasteiger partial charge in [0.05, 0.1) is 12.2 Å². The van der Waals surface area contributed by atoms with Crippen molar-refractivity contribution in [3.63, 3.8) is 0 Å². The van der Waals surface area contributed by atoms with Crippen LogP contribution in [0, 0.1) is 17.8 Å². The van der Waals surface area contributed by atoms with E-state index < -0.39 is 0 Å². The van der Waals surface area contributed by atoms with E-state index in [1.165, 1.54) is 19.3 Å². The molecular formula is C11H16O. The Hall–Kier alpha value is -0.300. The normalized spacial score (nSPS) is 55.9. The summed E-state index contributed by atoms with van der Waals surface area (Å²) in [5, 5.41) is 0. The van der Waals surface area contributed by atoms with Gasteiger partial charge in [-0.1, -0.05) is 25.5 Å². The average molecular weight is 164 g/mol. The third-order valence-electron chi connectivity index (χ3n) is 3.87. The van der Waals surface area contributed by atoms with Gasteiger partial charge in [-0.2, -0.15) is 0 Å². The molecule has 1 nitrogen and oxygen atoms in total. The van der Waals surface area contributed by atoms with E-state index in [9.17, 15) is 0 Å². The van der Waals surface area contributed by atoms with Crippen molar-refractivity contribution in [3.05, 3.63) is 12.2 Å². The maximum atomic E-state index is 5.86. The van der Waals surface area contributed by atoms with Crippen molar-refractivity contribution in [2.45, 2.75) is 38.4 Å². The summed E-state index contributed by atoms with van der Waals surface area (Å²) in [6.45, 7) is 2.38. The zero-order valence-electron chi connectivity index (χ0n) is 7.57. The number of fused-ring (bicyclic) bond motifs is 5. The van der Waals surface area contributed by atoms with Crippen LogP contribution in [0.15, 0.2) is 12.2 Å². The fourth-order valence-electron chi connectivity index (χ4n) is 3.21. The van der Waals surface area contributed by atoms with Gasteiger partial charge < -0.3 is 4.74 Å². The van der Waals surface area contributed by atoms with Crippen LogP contribution >= 0.6 is 0 Å². The molecule has 1 heteroatoms. The first kappa shape index (κ1) is 7.14. The molecule has 1 saturated carbocycles. The third-order valence-corrected chi connectivity index (χ3v) is 3.87. The highest BCUT2D eigenvalue weighted by Crippen LogP contribution is 2.48. The second-order valence-corrected chi connectivity index (χ2v) is 4.70. The van der Waals surface area contributed by atoms with Gasteiger partial charge in [0.2, 0.25) is 0 Å². The van der Waals surface area contributed by atoms with Crippen LogP contribution in [0.1, 0.15) is 26.2 Å². The molecule has 2 heterocycles. The van der Waals surface area contributed by atoms with Crippen LogP contribution in [-0.2, 0) is 4.74 Å². The van der Waals surface area contributed by atoms with Gasteiger partial charge in [0, 0.05) is 0 Å². The molecule has 0 spiro atoms. The van der Waals surface area contributed by atoms with E-state index in [1.54, 1.807) is 0 Å². The molecule has 1 aliphatic carbocycles. The minimum atomic E-state index is 0.489. The Labute approximate surface area is 73.8 Å². The lowest BCUT2D eigenvalue weighted by Crippen LogP contribution is -2.30. The zero-order valence-corrected chi connectivity index (χ0v) is 7.57. The summed E-state index contributed by atoms with van der Waals surface area (Å²) in [7, 11) is 0. The average Bonchev–Trinajstić information content (AvgIpc) is 2.63. The summed E-state index contributed by atoms with van der Waals surface area (Å²) in [4.78, 5) is 0. The van der Waals surface area contributed by atoms with Crippen molar-refractivity contribution in [2.75, 3.05) is 0 Å². The van der Waals surface area contributed by atoms with Crippen molar-refractivity contribution >= 4 is 0 Å². The zero-order chi connectivity index (χ0) is 8.13. The first-order chi connectivity index (χ1) is 5.84. The molecule has 0 aromatic heterocycles. The molecule has 1 saturated heterocycles. The molecule has 5 atom stereocenters. The van der Waals surface area contributed by atoms with Gasteiger partial charge in [0.15, 0.2) is 0 Å². The number of hydrogen-bond acceptors (Lipinski definition) is 1. The Morgan fingerprint density at radius 1 is 1.08 bits per heavy atom. The topological polar surface area (TPSA) is 9.23 Å². The van der Waals surface area contributed by atoms with Gasteiger partial charge in [-0.05, 0) is 30.6 Å². The van der Waals surface area contributed by atoms with Gasteiger partial charge in [0.1, 0.15) is 0 Å². The first-order valence-electron chi connectivity index (χ1n) is 5.18. The number of hydrogen-bond donors (Lipinski definition) is 0. The molecule has 0 N–H and O–H groups in total. The summed E-state index contributed by atoms with van der Waals surface area (Å²) >= 11 is 0. The van der Waals surface area contributed by atoms with Crippen molar-refractivity contribution in [1.29, 1.82) is 0 Å². The first-order valence-corrected chi connectivity index (χ1v) is 5.18. The molecule has 0 radical (unpaired) electrons. The van der Waals surface area contributed by atoms with Crippen LogP contribution < -0.4 is 0 Å². The van der Waals surface area contributed by atoms with E-state index in [4.69, 9.17) is 4.74 Å². The molecule has 66 valence electrons. The molecule has 2 bridgehead atoms. The van der Waals surface area contributed by atoms with Crippen LogP contribution in [0.5, 0.6) is 0 Å². The van der Waals surface area contributed by atoms with Crippen molar-refractivity contribution in [3.8, 4) is 0 Å². The molecule has 5 unspecified atom stereocenters. The van der Waals surface area contributed by atoms with Crippen LogP contribution in [0.4, 0.5) is 0 Å². The molecule has 2 aliphatic heterocycles. The summed E-state index contributed by atoms with van der Waals surface area (Å²) in [6.07, 6.45) is 9.76. The minimum absolute atomic E-state index is 0.489. The summed E-state index contributed by atoms with van der Waals surface area (Å²) in [5.41, 5.74) is 0. The predicted octanol–water partition coefficient (Wildman–Crippen LogP) is 2.38. The summed E-state index contributed by atoms with van der Waals surface area (Å²) < 4.78 is 5.86. The Morgan fingerprint density at radius 2 is 1.83 bits per heavy atom. The van der Waals surface area contributed by atoms with Gasteiger partial charge in [-0.25, -0.2) is 0 Å². The fourth-order valence-corrected chi connectivity index (χ4v) is 3.21. The fraction of sp³-hybridized carbons (Fsp3) is 0.818. The highest BCUT2D eigenvalue weighted by Gasteiger charge is 2.47. The maximum absolute atomic E-state index is 5.86. The molecule has 0 aromatic rings.